The molecular formula is C30H32ClF4N3O4S. The number of sulfonamides is 1. The number of benzene rings is 3. The van der Waals surface area contributed by atoms with E-state index >= 15 is 0 Å². The summed E-state index contributed by atoms with van der Waals surface area (Å²) in [6.07, 6.45) is -3.20. The van der Waals surface area contributed by atoms with Crippen LogP contribution in [0.25, 0.3) is 0 Å². The summed E-state index contributed by atoms with van der Waals surface area (Å²) >= 11 is 6.26. The van der Waals surface area contributed by atoms with Crippen LogP contribution in [-0.2, 0) is 32.3 Å². The van der Waals surface area contributed by atoms with Crippen LogP contribution in [0.3, 0.4) is 0 Å². The molecule has 1 atom stereocenters. The Labute approximate surface area is 253 Å². The number of unbranched alkanes of at least 4 members (excludes halogenated alkanes) is 1. The van der Waals surface area contributed by atoms with Gasteiger partial charge in [-0.3, -0.25) is 13.9 Å². The van der Waals surface area contributed by atoms with E-state index in [0.29, 0.717) is 35.0 Å². The molecule has 0 fully saturated rings. The molecule has 1 unspecified atom stereocenters. The van der Waals surface area contributed by atoms with Crippen LogP contribution < -0.4 is 9.62 Å². The van der Waals surface area contributed by atoms with E-state index in [1.54, 1.807) is 13.0 Å². The molecule has 0 spiro atoms. The van der Waals surface area contributed by atoms with Gasteiger partial charge in [0.1, 0.15) is 18.4 Å². The Morgan fingerprint density at radius 3 is 2.21 bits per heavy atom. The molecule has 0 saturated carbocycles. The summed E-state index contributed by atoms with van der Waals surface area (Å²) in [5, 5.41) is 2.43. The monoisotopic (exact) mass is 641 g/mol. The molecule has 0 bridgehead atoms. The van der Waals surface area contributed by atoms with Gasteiger partial charge in [-0.05, 0) is 60.9 Å². The van der Waals surface area contributed by atoms with Crippen LogP contribution in [0.5, 0.6) is 0 Å². The average molecular weight is 642 g/mol. The van der Waals surface area contributed by atoms with Crippen molar-refractivity contribution in [1.82, 2.24) is 10.2 Å². The second-order valence-corrected chi connectivity index (χ2v) is 12.0. The second-order valence-electron chi connectivity index (χ2n) is 9.71. The van der Waals surface area contributed by atoms with Crippen LogP contribution in [-0.4, -0.2) is 44.3 Å². The summed E-state index contributed by atoms with van der Waals surface area (Å²) in [6, 6.07) is 13.2. The molecule has 3 aromatic carbocycles. The molecule has 232 valence electrons. The fourth-order valence-electron chi connectivity index (χ4n) is 4.33. The summed E-state index contributed by atoms with van der Waals surface area (Å²) in [4.78, 5) is 28.0. The quantitative estimate of drug-likeness (QED) is 0.172. The van der Waals surface area contributed by atoms with Crippen molar-refractivity contribution in [2.24, 2.45) is 0 Å². The Hall–Kier alpha value is -3.64. The maximum absolute atomic E-state index is 14.0. The number of nitrogens with zero attached hydrogens (tertiary/aromatic N) is 2. The summed E-state index contributed by atoms with van der Waals surface area (Å²) in [6.45, 7) is 2.77. The molecule has 3 aromatic rings. The van der Waals surface area contributed by atoms with Crippen LogP contribution in [0.1, 0.15) is 44.2 Å². The van der Waals surface area contributed by atoms with Crippen LogP contribution in [0.15, 0.2) is 77.7 Å². The predicted molar refractivity (Wildman–Crippen MR) is 156 cm³/mol. The summed E-state index contributed by atoms with van der Waals surface area (Å²) in [7, 11) is -4.63. The number of hydrogen-bond acceptors (Lipinski definition) is 4. The molecule has 0 radical (unpaired) electrons. The maximum atomic E-state index is 14.0. The molecule has 1 N–H and O–H groups in total. The Bertz CT molecular complexity index is 1500. The molecule has 3 rings (SSSR count). The number of rotatable bonds is 13. The molecule has 7 nitrogen and oxygen atoms in total. The van der Waals surface area contributed by atoms with E-state index in [2.05, 4.69) is 5.32 Å². The normalized spacial score (nSPS) is 12.4. The van der Waals surface area contributed by atoms with E-state index in [1.165, 1.54) is 48.5 Å². The van der Waals surface area contributed by atoms with Gasteiger partial charge < -0.3 is 10.2 Å². The Morgan fingerprint density at radius 2 is 1.63 bits per heavy atom. The zero-order chi connectivity index (χ0) is 31.8. The summed E-state index contributed by atoms with van der Waals surface area (Å²) < 4.78 is 82.8. The molecule has 0 heterocycles. The van der Waals surface area contributed by atoms with Gasteiger partial charge >= 0.3 is 6.18 Å². The minimum atomic E-state index is -4.83. The largest absolute Gasteiger partial charge is 0.416 e. The highest BCUT2D eigenvalue weighted by molar-refractivity contribution is 7.92. The molecule has 43 heavy (non-hydrogen) atoms. The Kier molecular flexibility index (Phi) is 11.6. The molecule has 0 aromatic heterocycles. The fourth-order valence-corrected chi connectivity index (χ4v) is 6.04. The third-order valence-electron chi connectivity index (χ3n) is 6.63. The average Bonchev–Trinajstić information content (AvgIpc) is 2.97. The zero-order valence-corrected chi connectivity index (χ0v) is 25.1. The SMILES string of the molecule is CCCCNC(=O)C(CC)N(Cc1ccc(F)cc1)C(=O)CN(c1cc(C(F)(F)F)ccc1Cl)S(=O)(=O)c1ccccc1. The molecule has 0 aliphatic carbocycles. The first-order valence-corrected chi connectivity index (χ1v) is 15.4. The summed E-state index contributed by atoms with van der Waals surface area (Å²) in [5.74, 6) is -1.89. The standard InChI is InChI=1S/C30H32ClF4N3O4S/c1-3-5-17-36-29(40)26(4-2)37(19-21-11-14-23(32)15-12-21)28(39)20-38(43(41,42)24-9-7-6-8-10-24)27-18-22(30(33,34)35)13-16-25(27)31/h6-16,18,26H,3-5,17,19-20H2,1-2H3,(H,36,40). The van der Waals surface area contributed by atoms with Gasteiger partial charge in [0.2, 0.25) is 11.8 Å². The minimum absolute atomic E-state index is 0.140. The van der Waals surface area contributed by atoms with E-state index in [-0.39, 0.29) is 22.9 Å². The summed E-state index contributed by atoms with van der Waals surface area (Å²) in [5.41, 5.74) is -1.28. The number of halogens is 5. The number of nitrogens with one attached hydrogen (secondary N) is 1. The van der Waals surface area contributed by atoms with Gasteiger partial charge in [-0.25, -0.2) is 12.8 Å². The molecule has 2 amide bonds. The van der Waals surface area contributed by atoms with Crippen molar-refractivity contribution in [2.75, 3.05) is 17.4 Å². The first-order chi connectivity index (χ1) is 20.3. The third kappa shape index (κ3) is 8.70. The lowest BCUT2D eigenvalue weighted by molar-refractivity contribution is -0.140. The Morgan fingerprint density at radius 1 is 0.977 bits per heavy atom. The van der Waals surface area contributed by atoms with Crippen LogP contribution in [0.2, 0.25) is 5.02 Å². The topological polar surface area (TPSA) is 86.8 Å². The highest BCUT2D eigenvalue weighted by Gasteiger charge is 2.37. The number of carbonyl (C=O) groups is 2. The first-order valence-electron chi connectivity index (χ1n) is 13.6. The lowest BCUT2D eigenvalue weighted by Crippen LogP contribution is -2.52. The maximum Gasteiger partial charge on any atom is 0.416 e. The van der Waals surface area contributed by atoms with Crippen molar-refractivity contribution in [3.8, 4) is 0 Å². The minimum Gasteiger partial charge on any atom is -0.354 e. The predicted octanol–water partition coefficient (Wildman–Crippen LogP) is 6.42. The highest BCUT2D eigenvalue weighted by atomic mass is 35.5. The van der Waals surface area contributed by atoms with E-state index in [1.807, 2.05) is 6.92 Å². The van der Waals surface area contributed by atoms with Gasteiger partial charge in [-0.2, -0.15) is 13.2 Å². The highest BCUT2D eigenvalue weighted by Crippen LogP contribution is 2.37. The van der Waals surface area contributed by atoms with Gasteiger partial charge in [0.25, 0.3) is 10.0 Å². The molecular weight excluding hydrogens is 610 g/mol. The van der Waals surface area contributed by atoms with Crippen LogP contribution in [0.4, 0.5) is 23.2 Å². The molecule has 0 aliphatic heterocycles. The zero-order valence-electron chi connectivity index (χ0n) is 23.6. The van der Waals surface area contributed by atoms with Crippen molar-refractivity contribution < 1.29 is 35.6 Å². The van der Waals surface area contributed by atoms with Gasteiger partial charge in [0.15, 0.2) is 0 Å². The van der Waals surface area contributed by atoms with Crippen molar-refractivity contribution in [2.45, 2.75) is 56.8 Å². The van der Waals surface area contributed by atoms with Crippen LogP contribution in [0, 0.1) is 5.82 Å². The van der Waals surface area contributed by atoms with E-state index in [0.717, 1.165) is 17.4 Å². The lowest BCUT2D eigenvalue weighted by Gasteiger charge is -2.33. The molecule has 0 saturated heterocycles. The second kappa shape index (κ2) is 14.7. The number of alkyl halides is 3. The van der Waals surface area contributed by atoms with Crippen molar-refractivity contribution in [3.05, 3.63) is 94.8 Å². The van der Waals surface area contributed by atoms with Gasteiger partial charge in [-0.1, -0.05) is 62.2 Å². The Balaban J connectivity index is 2.12. The van der Waals surface area contributed by atoms with E-state index < -0.39 is 57.7 Å². The van der Waals surface area contributed by atoms with Gasteiger partial charge in [-0.15, -0.1) is 0 Å². The number of carbonyl (C=O) groups excluding carboxylic acids is 2. The number of amides is 2. The number of anilines is 1. The smallest absolute Gasteiger partial charge is 0.354 e. The van der Waals surface area contributed by atoms with Crippen molar-refractivity contribution >= 4 is 39.1 Å². The van der Waals surface area contributed by atoms with Gasteiger partial charge in [0.05, 0.1) is 21.2 Å². The van der Waals surface area contributed by atoms with Crippen LogP contribution >= 0.6 is 11.6 Å². The van der Waals surface area contributed by atoms with E-state index in [9.17, 15) is 35.6 Å². The molecule has 0 aliphatic rings. The van der Waals surface area contributed by atoms with Crippen molar-refractivity contribution in [3.63, 3.8) is 0 Å². The fraction of sp³-hybridized carbons (Fsp3) is 0.333. The number of hydrogen-bond donors (Lipinski definition) is 1. The van der Waals surface area contributed by atoms with Gasteiger partial charge in [0, 0.05) is 13.1 Å². The lowest BCUT2D eigenvalue weighted by atomic mass is 10.1. The third-order valence-corrected chi connectivity index (χ3v) is 8.73. The van der Waals surface area contributed by atoms with Crippen molar-refractivity contribution in [1.29, 1.82) is 0 Å². The van der Waals surface area contributed by atoms with E-state index in [4.69, 9.17) is 11.6 Å². The molecule has 13 heteroatoms. The first kappa shape index (κ1) is 33.9.